The molecule has 1 fully saturated rings. The second-order valence-electron chi connectivity index (χ2n) is 6.24. The Kier molecular flexibility index (Phi) is 7.02. The summed E-state index contributed by atoms with van der Waals surface area (Å²) >= 11 is 0. The van der Waals surface area contributed by atoms with Gasteiger partial charge in [0.25, 0.3) is 0 Å². The van der Waals surface area contributed by atoms with E-state index >= 15 is 0 Å². The molecule has 0 unspecified atom stereocenters. The van der Waals surface area contributed by atoms with Crippen LogP contribution in [0.25, 0.3) is 0 Å². The average Bonchev–Trinajstić information content (AvgIpc) is 2.56. The molecule has 0 bridgehead atoms. The minimum atomic E-state index is 0.0853. The van der Waals surface area contributed by atoms with Gasteiger partial charge in [-0.3, -0.25) is 14.6 Å². The second-order valence-corrected chi connectivity index (χ2v) is 6.24. The van der Waals surface area contributed by atoms with Gasteiger partial charge < -0.3 is 10.1 Å². The van der Waals surface area contributed by atoms with Crippen LogP contribution in [0.3, 0.4) is 0 Å². The van der Waals surface area contributed by atoms with Gasteiger partial charge in [0, 0.05) is 45.9 Å². The number of ether oxygens (including phenoxy) is 1. The van der Waals surface area contributed by atoms with Crippen molar-refractivity contribution in [3.05, 3.63) is 35.4 Å². The molecule has 1 atom stereocenters. The Labute approximate surface area is 139 Å². The summed E-state index contributed by atoms with van der Waals surface area (Å²) in [7, 11) is 1.64. The molecule has 23 heavy (non-hydrogen) atoms. The van der Waals surface area contributed by atoms with Gasteiger partial charge in [0.2, 0.25) is 5.91 Å². The maximum atomic E-state index is 11.8. The first-order chi connectivity index (χ1) is 11.1. The summed E-state index contributed by atoms with van der Waals surface area (Å²) in [6.07, 6.45) is 0. The molecule has 0 aromatic heterocycles. The van der Waals surface area contributed by atoms with Crippen molar-refractivity contribution in [1.82, 2.24) is 15.1 Å². The molecule has 1 heterocycles. The second kappa shape index (κ2) is 9.01. The van der Waals surface area contributed by atoms with Crippen molar-refractivity contribution in [3.63, 3.8) is 0 Å². The van der Waals surface area contributed by atoms with Crippen LogP contribution in [0.2, 0.25) is 0 Å². The molecule has 2 rings (SSSR count). The fourth-order valence-electron chi connectivity index (χ4n) is 2.92. The summed E-state index contributed by atoms with van der Waals surface area (Å²) < 4.78 is 4.94. The zero-order valence-electron chi connectivity index (χ0n) is 14.5. The highest BCUT2D eigenvalue weighted by Crippen LogP contribution is 2.21. The van der Waals surface area contributed by atoms with Crippen molar-refractivity contribution in [2.45, 2.75) is 19.9 Å². The first kappa shape index (κ1) is 17.9. The summed E-state index contributed by atoms with van der Waals surface area (Å²) in [6, 6.07) is 9.21. The van der Waals surface area contributed by atoms with E-state index < -0.39 is 0 Å². The predicted molar refractivity (Wildman–Crippen MR) is 92.5 cm³/mol. The number of methoxy groups -OCH3 is 1. The van der Waals surface area contributed by atoms with Crippen LogP contribution in [0.1, 0.15) is 24.1 Å². The Hall–Kier alpha value is -1.43. The smallest absolute Gasteiger partial charge is 0.234 e. The molecule has 1 aromatic rings. The van der Waals surface area contributed by atoms with E-state index in [1.807, 2.05) is 0 Å². The van der Waals surface area contributed by atoms with Crippen molar-refractivity contribution in [1.29, 1.82) is 0 Å². The van der Waals surface area contributed by atoms with Gasteiger partial charge in [-0.2, -0.15) is 0 Å². The number of carbonyl (C=O) groups is 1. The molecular formula is C18H29N3O2. The molecule has 1 aliphatic heterocycles. The molecule has 1 aliphatic rings. The molecule has 0 spiro atoms. The topological polar surface area (TPSA) is 44.8 Å². The highest BCUT2D eigenvalue weighted by Gasteiger charge is 2.23. The van der Waals surface area contributed by atoms with Crippen LogP contribution in [-0.4, -0.2) is 68.7 Å². The normalized spacial score (nSPS) is 17.9. The molecule has 0 aliphatic carbocycles. The van der Waals surface area contributed by atoms with E-state index in [0.29, 0.717) is 25.7 Å². The maximum Gasteiger partial charge on any atom is 0.234 e. The molecule has 1 amide bonds. The highest BCUT2D eigenvalue weighted by atomic mass is 16.5. The molecule has 1 N–H and O–H groups in total. The number of carbonyl (C=O) groups excluding carboxylic acids is 1. The van der Waals surface area contributed by atoms with E-state index in [0.717, 1.165) is 26.2 Å². The van der Waals surface area contributed by atoms with E-state index in [-0.39, 0.29) is 5.91 Å². The third-order valence-corrected chi connectivity index (χ3v) is 4.51. The number of hydrogen-bond donors (Lipinski definition) is 1. The Morgan fingerprint density at radius 3 is 2.48 bits per heavy atom. The lowest BCUT2D eigenvalue weighted by molar-refractivity contribution is -0.122. The van der Waals surface area contributed by atoms with Crippen molar-refractivity contribution < 1.29 is 9.53 Å². The summed E-state index contributed by atoms with van der Waals surface area (Å²) in [4.78, 5) is 16.5. The van der Waals surface area contributed by atoms with Gasteiger partial charge in [-0.25, -0.2) is 0 Å². The maximum absolute atomic E-state index is 11.8. The number of piperazine rings is 1. The molecule has 5 heteroatoms. The first-order valence-electron chi connectivity index (χ1n) is 8.38. The number of benzene rings is 1. The molecule has 1 aromatic carbocycles. The lowest BCUT2D eigenvalue weighted by Crippen LogP contribution is -2.50. The van der Waals surface area contributed by atoms with Gasteiger partial charge in [0.1, 0.15) is 0 Å². The number of nitrogens with one attached hydrogen (secondary N) is 1. The van der Waals surface area contributed by atoms with E-state index in [1.165, 1.54) is 11.1 Å². The SMILES string of the molecule is COCCNC(=O)CN1CCN([C@@H](C)c2ccc(C)cc2)CC1. The van der Waals surface area contributed by atoms with Gasteiger partial charge in [0.05, 0.1) is 13.2 Å². The summed E-state index contributed by atoms with van der Waals surface area (Å²) in [6.45, 7) is 9.88. The number of aryl methyl sites for hydroxylation is 1. The Balaban J connectivity index is 1.75. The standard InChI is InChI=1S/C18H29N3O2/c1-15-4-6-17(7-5-15)16(2)21-11-9-20(10-12-21)14-18(22)19-8-13-23-3/h4-7,16H,8-14H2,1-3H3,(H,19,22)/t16-/m0/s1. The number of rotatable bonds is 7. The molecule has 0 radical (unpaired) electrons. The lowest BCUT2D eigenvalue weighted by atomic mass is 10.0. The molecule has 0 saturated carbocycles. The van der Waals surface area contributed by atoms with Crippen LogP contribution >= 0.6 is 0 Å². The number of nitrogens with zero attached hydrogens (tertiary/aromatic N) is 2. The van der Waals surface area contributed by atoms with Crippen molar-refractivity contribution in [3.8, 4) is 0 Å². The highest BCUT2D eigenvalue weighted by molar-refractivity contribution is 5.78. The van der Waals surface area contributed by atoms with Crippen LogP contribution < -0.4 is 5.32 Å². The Bertz CT molecular complexity index is 482. The van der Waals surface area contributed by atoms with Crippen molar-refractivity contribution >= 4 is 5.91 Å². The summed E-state index contributed by atoms with van der Waals surface area (Å²) in [5, 5.41) is 2.88. The van der Waals surface area contributed by atoms with E-state index in [1.54, 1.807) is 7.11 Å². The molecule has 128 valence electrons. The largest absolute Gasteiger partial charge is 0.383 e. The minimum absolute atomic E-state index is 0.0853. The van der Waals surface area contributed by atoms with Crippen molar-refractivity contribution in [2.24, 2.45) is 0 Å². The Morgan fingerprint density at radius 1 is 1.22 bits per heavy atom. The Morgan fingerprint density at radius 2 is 1.87 bits per heavy atom. The van der Waals surface area contributed by atoms with Crippen LogP contribution in [0.5, 0.6) is 0 Å². The summed E-state index contributed by atoms with van der Waals surface area (Å²) in [5.74, 6) is 0.0853. The molecular weight excluding hydrogens is 290 g/mol. The number of amides is 1. The quantitative estimate of drug-likeness (QED) is 0.773. The van der Waals surface area contributed by atoms with Crippen LogP contribution in [-0.2, 0) is 9.53 Å². The third-order valence-electron chi connectivity index (χ3n) is 4.51. The minimum Gasteiger partial charge on any atom is -0.383 e. The van der Waals surface area contributed by atoms with Gasteiger partial charge >= 0.3 is 0 Å². The first-order valence-corrected chi connectivity index (χ1v) is 8.38. The van der Waals surface area contributed by atoms with Crippen LogP contribution in [0.15, 0.2) is 24.3 Å². The van der Waals surface area contributed by atoms with Gasteiger partial charge in [-0.15, -0.1) is 0 Å². The van der Waals surface area contributed by atoms with E-state index in [4.69, 9.17) is 4.74 Å². The van der Waals surface area contributed by atoms with Crippen LogP contribution in [0, 0.1) is 6.92 Å². The predicted octanol–water partition coefficient (Wildman–Crippen LogP) is 1.44. The van der Waals surface area contributed by atoms with Crippen LogP contribution in [0.4, 0.5) is 0 Å². The lowest BCUT2D eigenvalue weighted by Gasteiger charge is -2.38. The fourth-order valence-corrected chi connectivity index (χ4v) is 2.92. The zero-order chi connectivity index (χ0) is 16.7. The number of hydrogen-bond acceptors (Lipinski definition) is 4. The van der Waals surface area contributed by atoms with Gasteiger partial charge in [-0.1, -0.05) is 29.8 Å². The monoisotopic (exact) mass is 319 g/mol. The van der Waals surface area contributed by atoms with Gasteiger partial charge in [-0.05, 0) is 19.4 Å². The average molecular weight is 319 g/mol. The zero-order valence-corrected chi connectivity index (χ0v) is 14.5. The van der Waals surface area contributed by atoms with Gasteiger partial charge in [0.15, 0.2) is 0 Å². The third kappa shape index (κ3) is 5.61. The fraction of sp³-hybridized carbons (Fsp3) is 0.611. The molecule has 1 saturated heterocycles. The van der Waals surface area contributed by atoms with Crippen molar-refractivity contribution in [2.75, 3.05) is 53.0 Å². The van der Waals surface area contributed by atoms with E-state index in [9.17, 15) is 4.79 Å². The van der Waals surface area contributed by atoms with E-state index in [2.05, 4.69) is 53.2 Å². The summed E-state index contributed by atoms with van der Waals surface area (Å²) in [5.41, 5.74) is 2.66. The molecule has 5 nitrogen and oxygen atoms in total.